The number of fused-ring (bicyclic) bond motifs is 2. The number of morpholine rings is 1. The van der Waals surface area contributed by atoms with Crippen LogP contribution in [0.3, 0.4) is 0 Å². The van der Waals surface area contributed by atoms with E-state index in [-0.39, 0.29) is 17.8 Å². The fourth-order valence-electron chi connectivity index (χ4n) is 4.60. The van der Waals surface area contributed by atoms with Crippen LogP contribution >= 0.6 is 0 Å². The van der Waals surface area contributed by atoms with Crippen molar-refractivity contribution in [1.29, 1.82) is 0 Å². The molecule has 0 amide bonds. The quantitative estimate of drug-likeness (QED) is 0.722. The standard InChI is InChI=1S/C23H27N5O2/c1-15-11-28(12-16(2)30-15)23-25-21-14-27(9-7-19(21)22(29)26-23)13-17-5-6-20-18(10-17)4-3-8-24-20/h3-6,8,10,15-16H,7,9,11-14H2,1-2H3,(H,25,26,29)/t15-,16+. The molecule has 0 unspecified atom stereocenters. The molecule has 1 fully saturated rings. The number of hydrogen-bond acceptors (Lipinski definition) is 6. The van der Waals surface area contributed by atoms with Crippen LogP contribution in [0.25, 0.3) is 10.9 Å². The third-order valence-electron chi connectivity index (χ3n) is 5.93. The van der Waals surface area contributed by atoms with Gasteiger partial charge in [0.15, 0.2) is 0 Å². The van der Waals surface area contributed by atoms with Crippen LogP contribution in [0, 0.1) is 0 Å². The highest BCUT2D eigenvalue weighted by atomic mass is 16.5. The topological polar surface area (TPSA) is 74.4 Å². The van der Waals surface area contributed by atoms with Gasteiger partial charge >= 0.3 is 0 Å². The molecular weight excluding hydrogens is 378 g/mol. The third-order valence-corrected chi connectivity index (χ3v) is 5.93. The highest BCUT2D eigenvalue weighted by Gasteiger charge is 2.27. The normalized spacial score (nSPS) is 22.3. The Hall–Kier alpha value is -2.77. The number of nitrogens with one attached hydrogen (secondary N) is 1. The summed E-state index contributed by atoms with van der Waals surface area (Å²) in [5, 5.41) is 1.15. The first kappa shape index (κ1) is 19.2. The van der Waals surface area contributed by atoms with E-state index in [2.05, 4.69) is 57.9 Å². The zero-order chi connectivity index (χ0) is 20.7. The summed E-state index contributed by atoms with van der Waals surface area (Å²) in [6.07, 6.45) is 2.78. The molecule has 4 heterocycles. The maximum atomic E-state index is 12.7. The summed E-state index contributed by atoms with van der Waals surface area (Å²) in [5.41, 5.74) is 3.98. The highest BCUT2D eigenvalue weighted by molar-refractivity contribution is 5.78. The molecule has 7 nitrogen and oxygen atoms in total. The molecule has 156 valence electrons. The Kier molecular flexibility index (Phi) is 5.00. The minimum absolute atomic E-state index is 0.00164. The molecule has 2 aliphatic heterocycles. The van der Waals surface area contributed by atoms with E-state index in [1.165, 1.54) is 5.56 Å². The first-order valence-electron chi connectivity index (χ1n) is 10.6. The van der Waals surface area contributed by atoms with Crippen LogP contribution in [0.2, 0.25) is 0 Å². The average molecular weight is 406 g/mol. The van der Waals surface area contributed by atoms with E-state index >= 15 is 0 Å². The van der Waals surface area contributed by atoms with Gasteiger partial charge in [-0.15, -0.1) is 0 Å². The first-order valence-corrected chi connectivity index (χ1v) is 10.6. The van der Waals surface area contributed by atoms with Gasteiger partial charge in [0, 0.05) is 49.9 Å². The Balaban J connectivity index is 1.37. The van der Waals surface area contributed by atoms with E-state index in [0.29, 0.717) is 12.5 Å². The molecule has 1 saturated heterocycles. The maximum absolute atomic E-state index is 12.7. The van der Waals surface area contributed by atoms with Gasteiger partial charge in [0.05, 0.1) is 23.4 Å². The Labute approximate surface area is 175 Å². The molecule has 1 aromatic carbocycles. The summed E-state index contributed by atoms with van der Waals surface area (Å²) in [7, 11) is 0. The van der Waals surface area contributed by atoms with Gasteiger partial charge in [-0.2, -0.15) is 0 Å². The number of benzene rings is 1. The number of aromatic nitrogens is 3. The molecule has 2 aliphatic rings. The molecule has 5 rings (SSSR count). The van der Waals surface area contributed by atoms with Crippen molar-refractivity contribution in [3.8, 4) is 0 Å². The summed E-state index contributed by atoms with van der Waals surface area (Å²) >= 11 is 0. The Morgan fingerprint density at radius 2 is 2.03 bits per heavy atom. The van der Waals surface area contributed by atoms with Gasteiger partial charge in [-0.3, -0.25) is 19.7 Å². The third kappa shape index (κ3) is 3.82. The number of aromatic amines is 1. The fraction of sp³-hybridized carbons (Fsp3) is 0.435. The van der Waals surface area contributed by atoms with Crippen molar-refractivity contribution in [3.63, 3.8) is 0 Å². The summed E-state index contributed by atoms with van der Waals surface area (Å²) in [6, 6.07) is 10.5. The van der Waals surface area contributed by atoms with Crippen molar-refractivity contribution >= 4 is 16.9 Å². The summed E-state index contributed by atoms with van der Waals surface area (Å²) in [5.74, 6) is 0.666. The van der Waals surface area contributed by atoms with Gasteiger partial charge < -0.3 is 9.64 Å². The Morgan fingerprint density at radius 1 is 1.20 bits per heavy atom. The fourth-order valence-corrected chi connectivity index (χ4v) is 4.60. The second-order valence-electron chi connectivity index (χ2n) is 8.47. The van der Waals surface area contributed by atoms with E-state index in [0.717, 1.165) is 54.8 Å². The summed E-state index contributed by atoms with van der Waals surface area (Å²) in [6.45, 7) is 7.96. The molecule has 0 aliphatic carbocycles. The summed E-state index contributed by atoms with van der Waals surface area (Å²) < 4.78 is 5.82. The molecule has 30 heavy (non-hydrogen) atoms. The molecule has 2 aromatic heterocycles. The smallest absolute Gasteiger partial charge is 0.255 e. The number of rotatable bonds is 3. The number of hydrogen-bond donors (Lipinski definition) is 1. The number of pyridine rings is 1. The van der Waals surface area contributed by atoms with Crippen molar-refractivity contribution in [3.05, 3.63) is 63.7 Å². The molecule has 0 radical (unpaired) electrons. The van der Waals surface area contributed by atoms with E-state index < -0.39 is 0 Å². The summed E-state index contributed by atoms with van der Waals surface area (Å²) in [4.78, 5) is 29.5. The zero-order valence-corrected chi connectivity index (χ0v) is 17.5. The van der Waals surface area contributed by atoms with Crippen molar-refractivity contribution in [2.75, 3.05) is 24.5 Å². The van der Waals surface area contributed by atoms with Crippen LogP contribution < -0.4 is 10.5 Å². The molecule has 1 N–H and O–H groups in total. The minimum Gasteiger partial charge on any atom is -0.372 e. The average Bonchev–Trinajstić information content (AvgIpc) is 2.73. The Bertz CT molecular complexity index is 1120. The van der Waals surface area contributed by atoms with Crippen LogP contribution in [0.15, 0.2) is 41.3 Å². The van der Waals surface area contributed by atoms with Crippen LogP contribution in [-0.4, -0.2) is 51.7 Å². The lowest BCUT2D eigenvalue weighted by Crippen LogP contribution is -2.47. The number of ether oxygens (including phenoxy) is 1. The van der Waals surface area contributed by atoms with E-state index in [4.69, 9.17) is 9.72 Å². The molecular formula is C23H27N5O2. The van der Waals surface area contributed by atoms with Crippen LogP contribution in [-0.2, 0) is 24.2 Å². The van der Waals surface area contributed by atoms with Gasteiger partial charge in [0.1, 0.15) is 0 Å². The zero-order valence-electron chi connectivity index (χ0n) is 17.5. The van der Waals surface area contributed by atoms with Crippen molar-refractivity contribution in [2.24, 2.45) is 0 Å². The second-order valence-corrected chi connectivity index (χ2v) is 8.47. The second kappa shape index (κ2) is 7.81. The number of anilines is 1. The maximum Gasteiger partial charge on any atom is 0.255 e. The van der Waals surface area contributed by atoms with E-state index in [1.54, 1.807) is 0 Å². The molecule has 0 saturated carbocycles. The van der Waals surface area contributed by atoms with E-state index in [9.17, 15) is 4.79 Å². The predicted molar refractivity (Wildman–Crippen MR) is 117 cm³/mol. The first-order chi connectivity index (χ1) is 14.5. The predicted octanol–water partition coefficient (Wildman–Crippen LogP) is 2.49. The van der Waals surface area contributed by atoms with Crippen LogP contribution in [0.4, 0.5) is 5.95 Å². The SMILES string of the molecule is C[C@@H]1CN(c2nc3c(c(=O)[nH]2)CCN(Cc2ccc4ncccc4c2)C3)C[C@H](C)O1. The molecule has 0 spiro atoms. The van der Waals surface area contributed by atoms with Gasteiger partial charge in [-0.25, -0.2) is 4.98 Å². The van der Waals surface area contributed by atoms with Crippen LogP contribution in [0.1, 0.15) is 30.7 Å². The lowest BCUT2D eigenvalue weighted by atomic mass is 10.0. The van der Waals surface area contributed by atoms with Crippen molar-refractivity contribution in [2.45, 2.75) is 45.6 Å². The van der Waals surface area contributed by atoms with Gasteiger partial charge in [-0.05, 0) is 44.0 Å². The molecule has 7 heteroatoms. The largest absolute Gasteiger partial charge is 0.372 e. The van der Waals surface area contributed by atoms with Crippen molar-refractivity contribution in [1.82, 2.24) is 19.9 Å². The van der Waals surface area contributed by atoms with Gasteiger partial charge in [0.2, 0.25) is 5.95 Å². The van der Waals surface area contributed by atoms with Gasteiger partial charge in [-0.1, -0.05) is 12.1 Å². The molecule has 2 atom stereocenters. The monoisotopic (exact) mass is 405 g/mol. The lowest BCUT2D eigenvalue weighted by molar-refractivity contribution is -0.00576. The van der Waals surface area contributed by atoms with Gasteiger partial charge in [0.25, 0.3) is 5.56 Å². The molecule has 3 aromatic rings. The lowest BCUT2D eigenvalue weighted by Gasteiger charge is -2.36. The van der Waals surface area contributed by atoms with Crippen LogP contribution in [0.5, 0.6) is 0 Å². The Morgan fingerprint density at radius 3 is 2.87 bits per heavy atom. The minimum atomic E-state index is -0.00164. The highest BCUT2D eigenvalue weighted by Crippen LogP contribution is 2.22. The number of nitrogens with zero attached hydrogens (tertiary/aromatic N) is 4. The number of H-pyrrole nitrogens is 1. The van der Waals surface area contributed by atoms with E-state index in [1.807, 2.05) is 12.3 Å². The van der Waals surface area contributed by atoms with Crippen molar-refractivity contribution < 1.29 is 4.74 Å². The molecule has 0 bridgehead atoms.